The van der Waals surface area contributed by atoms with Gasteiger partial charge in [-0.15, -0.1) is 0 Å². The van der Waals surface area contributed by atoms with Gasteiger partial charge in [-0.05, 0) is 24.6 Å². The van der Waals surface area contributed by atoms with E-state index in [1.54, 1.807) is 38.1 Å². The van der Waals surface area contributed by atoms with Crippen molar-refractivity contribution in [1.82, 2.24) is 4.90 Å². The molecule has 19 heavy (non-hydrogen) atoms. The first kappa shape index (κ1) is 15.0. The van der Waals surface area contributed by atoms with E-state index in [0.717, 1.165) is 5.56 Å². The zero-order valence-electron chi connectivity index (χ0n) is 11.4. The summed E-state index contributed by atoms with van der Waals surface area (Å²) in [5.74, 6) is -0.787. The lowest BCUT2D eigenvalue weighted by Crippen LogP contribution is -2.23. The highest BCUT2D eigenvalue weighted by Gasteiger charge is 2.11. The zero-order valence-corrected chi connectivity index (χ0v) is 11.4. The van der Waals surface area contributed by atoms with Gasteiger partial charge in [0.15, 0.2) is 0 Å². The number of rotatable bonds is 6. The maximum Gasteiger partial charge on any atom is 0.309 e. The first-order valence-electron chi connectivity index (χ1n) is 6.05. The summed E-state index contributed by atoms with van der Waals surface area (Å²) < 4.78 is 5.36. The third-order valence-corrected chi connectivity index (χ3v) is 2.70. The summed E-state index contributed by atoms with van der Waals surface area (Å²) in [7, 11) is 3.43. The smallest absolute Gasteiger partial charge is 0.309 e. The van der Waals surface area contributed by atoms with Crippen LogP contribution in [0.3, 0.4) is 0 Å². The predicted molar refractivity (Wildman–Crippen MR) is 71.1 cm³/mol. The lowest BCUT2D eigenvalue weighted by atomic mass is 10.1. The maximum atomic E-state index is 11.5. The Kier molecular flexibility index (Phi) is 5.36. The minimum Gasteiger partial charge on any atom is -0.493 e. The molecular weight excluding hydrogens is 246 g/mol. The summed E-state index contributed by atoms with van der Waals surface area (Å²) in [6, 6.07) is 7.10. The molecule has 0 fully saturated rings. The second-order valence-electron chi connectivity index (χ2n) is 4.66. The lowest BCUT2D eigenvalue weighted by Gasteiger charge is -2.11. The number of carboxylic acid groups (broad SMARTS) is 1. The molecule has 1 rings (SSSR count). The molecule has 5 nitrogen and oxygen atoms in total. The van der Waals surface area contributed by atoms with Gasteiger partial charge in [0.2, 0.25) is 5.91 Å². The van der Waals surface area contributed by atoms with Crippen molar-refractivity contribution < 1.29 is 19.4 Å². The van der Waals surface area contributed by atoms with E-state index >= 15 is 0 Å². The molecule has 0 aliphatic heterocycles. The molecule has 0 aliphatic carbocycles. The average Bonchev–Trinajstić information content (AvgIpc) is 2.37. The number of amides is 1. The van der Waals surface area contributed by atoms with Crippen molar-refractivity contribution in [2.45, 2.75) is 13.3 Å². The second kappa shape index (κ2) is 6.78. The number of likely N-dealkylation sites (N-methyl/N-ethyl adjacent to an activating group) is 1. The molecule has 104 valence electrons. The molecule has 5 heteroatoms. The van der Waals surface area contributed by atoms with E-state index in [9.17, 15) is 9.59 Å². The van der Waals surface area contributed by atoms with Crippen molar-refractivity contribution in [3.63, 3.8) is 0 Å². The van der Waals surface area contributed by atoms with Crippen molar-refractivity contribution in [3.05, 3.63) is 29.8 Å². The van der Waals surface area contributed by atoms with E-state index < -0.39 is 11.9 Å². The number of aliphatic carboxylic acids is 1. The van der Waals surface area contributed by atoms with Gasteiger partial charge in [0.1, 0.15) is 12.4 Å². The highest BCUT2D eigenvalue weighted by atomic mass is 16.5. The predicted octanol–water partition coefficient (Wildman–Crippen LogP) is 1.42. The fraction of sp³-hybridized carbons (Fsp3) is 0.429. The minimum absolute atomic E-state index is 0.0353. The van der Waals surface area contributed by atoms with Crippen LogP contribution < -0.4 is 4.74 Å². The van der Waals surface area contributed by atoms with Gasteiger partial charge in [-0.3, -0.25) is 9.59 Å². The number of hydrogen-bond acceptors (Lipinski definition) is 3. The summed E-state index contributed by atoms with van der Waals surface area (Å²) in [5.41, 5.74) is 0.900. The van der Waals surface area contributed by atoms with Gasteiger partial charge >= 0.3 is 5.97 Å². The van der Waals surface area contributed by atoms with Gasteiger partial charge in [-0.1, -0.05) is 12.1 Å². The van der Waals surface area contributed by atoms with Crippen LogP contribution in [0.2, 0.25) is 0 Å². The van der Waals surface area contributed by atoms with Crippen LogP contribution in [-0.4, -0.2) is 42.6 Å². The highest BCUT2D eigenvalue weighted by Crippen LogP contribution is 2.14. The van der Waals surface area contributed by atoms with Crippen LogP contribution in [0.4, 0.5) is 0 Å². The Morgan fingerprint density at radius 3 is 2.32 bits per heavy atom. The molecule has 0 aromatic heterocycles. The van der Waals surface area contributed by atoms with Crippen molar-refractivity contribution in [1.29, 1.82) is 0 Å². The molecule has 0 aliphatic rings. The molecule has 1 aromatic rings. The van der Waals surface area contributed by atoms with Crippen LogP contribution in [-0.2, 0) is 16.0 Å². The lowest BCUT2D eigenvalue weighted by molar-refractivity contribution is -0.142. The molecule has 0 radical (unpaired) electrons. The van der Waals surface area contributed by atoms with Crippen LogP contribution in [0.25, 0.3) is 0 Å². The molecular formula is C14H19NO4. The summed E-state index contributed by atoms with van der Waals surface area (Å²) >= 11 is 0. The number of nitrogens with zero attached hydrogens (tertiary/aromatic N) is 1. The monoisotopic (exact) mass is 265 g/mol. The van der Waals surface area contributed by atoms with Crippen molar-refractivity contribution in [3.8, 4) is 5.75 Å². The molecule has 1 amide bonds. The molecule has 1 atom stereocenters. The third kappa shape index (κ3) is 4.99. The molecule has 1 N–H and O–H groups in total. The van der Waals surface area contributed by atoms with Crippen LogP contribution in [0, 0.1) is 5.92 Å². The Morgan fingerprint density at radius 1 is 1.26 bits per heavy atom. The molecule has 1 aromatic carbocycles. The van der Waals surface area contributed by atoms with Gasteiger partial charge in [-0.25, -0.2) is 0 Å². The summed E-state index contributed by atoms with van der Waals surface area (Å²) in [4.78, 5) is 23.7. The Balaban J connectivity index is 2.52. The number of benzene rings is 1. The van der Waals surface area contributed by atoms with Crippen molar-refractivity contribution in [2.75, 3.05) is 20.7 Å². The fourth-order valence-corrected chi connectivity index (χ4v) is 1.33. The van der Waals surface area contributed by atoms with Gasteiger partial charge in [-0.2, -0.15) is 0 Å². The Labute approximate surface area is 112 Å². The molecule has 0 heterocycles. The third-order valence-electron chi connectivity index (χ3n) is 2.70. The molecule has 0 saturated heterocycles. The number of ether oxygens (including phenoxy) is 1. The Hall–Kier alpha value is -2.04. The Morgan fingerprint density at radius 2 is 1.84 bits per heavy atom. The van der Waals surface area contributed by atoms with E-state index in [-0.39, 0.29) is 12.5 Å². The normalized spacial score (nSPS) is 11.7. The molecule has 0 bridgehead atoms. The van der Waals surface area contributed by atoms with Crippen LogP contribution in [0.15, 0.2) is 24.3 Å². The SMILES string of the molecule is CC(COc1ccc(CC(=O)N(C)C)cc1)C(=O)O. The van der Waals surface area contributed by atoms with E-state index in [1.807, 2.05) is 12.1 Å². The average molecular weight is 265 g/mol. The van der Waals surface area contributed by atoms with Gasteiger partial charge < -0.3 is 14.7 Å². The van der Waals surface area contributed by atoms with Crippen LogP contribution in [0.1, 0.15) is 12.5 Å². The molecule has 0 saturated carbocycles. The zero-order chi connectivity index (χ0) is 14.4. The number of carbonyl (C=O) groups is 2. The maximum absolute atomic E-state index is 11.5. The van der Waals surface area contributed by atoms with Crippen molar-refractivity contribution >= 4 is 11.9 Å². The first-order chi connectivity index (χ1) is 8.90. The minimum atomic E-state index is -0.881. The van der Waals surface area contributed by atoms with E-state index in [0.29, 0.717) is 12.2 Å². The largest absolute Gasteiger partial charge is 0.493 e. The van der Waals surface area contributed by atoms with E-state index in [1.165, 1.54) is 0 Å². The molecule has 0 spiro atoms. The van der Waals surface area contributed by atoms with E-state index in [4.69, 9.17) is 9.84 Å². The molecule has 1 unspecified atom stereocenters. The summed E-state index contributed by atoms with van der Waals surface area (Å²) in [5, 5.41) is 8.73. The summed E-state index contributed by atoms with van der Waals surface area (Å²) in [6.45, 7) is 1.72. The quantitative estimate of drug-likeness (QED) is 0.844. The van der Waals surface area contributed by atoms with Crippen LogP contribution >= 0.6 is 0 Å². The number of carbonyl (C=O) groups excluding carboxylic acids is 1. The highest BCUT2D eigenvalue weighted by molar-refractivity contribution is 5.78. The van der Waals surface area contributed by atoms with Gasteiger partial charge in [0.05, 0.1) is 12.3 Å². The van der Waals surface area contributed by atoms with Gasteiger partial charge in [0.25, 0.3) is 0 Å². The summed E-state index contributed by atoms with van der Waals surface area (Å²) in [6.07, 6.45) is 0.346. The van der Waals surface area contributed by atoms with E-state index in [2.05, 4.69) is 0 Å². The topological polar surface area (TPSA) is 66.8 Å². The van der Waals surface area contributed by atoms with Crippen LogP contribution in [0.5, 0.6) is 5.75 Å². The number of hydrogen-bond donors (Lipinski definition) is 1. The Bertz CT molecular complexity index is 439. The van der Waals surface area contributed by atoms with Crippen molar-refractivity contribution in [2.24, 2.45) is 5.92 Å². The van der Waals surface area contributed by atoms with Gasteiger partial charge in [0, 0.05) is 14.1 Å². The second-order valence-corrected chi connectivity index (χ2v) is 4.66. The fourth-order valence-electron chi connectivity index (χ4n) is 1.33. The standard InChI is InChI=1S/C14H19NO4/c1-10(14(17)18)9-19-12-6-4-11(5-7-12)8-13(16)15(2)3/h4-7,10H,8-9H2,1-3H3,(H,17,18). The number of carboxylic acids is 1. The first-order valence-corrected chi connectivity index (χ1v) is 6.05.